The summed E-state index contributed by atoms with van der Waals surface area (Å²) >= 11 is 0. The Balaban J connectivity index is 2.44. The Bertz CT molecular complexity index is 398. The van der Waals surface area contributed by atoms with Gasteiger partial charge >= 0.3 is 6.09 Å². The maximum Gasteiger partial charge on any atom is 0.408 e. The van der Waals surface area contributed by atoms with Gasteiger partial charge in [-0.3, -0.25) is 4.79 Å². The van der Waals surface area contributed by atoms with Crippen LogP contribution in [-0.2, 0) is 16.1 Å². The zero-order chi connectivity index (χ0) is 12.9. The maximum absolute atomic E-state index is 11.5. The summed E-state index contributed by atoms with van der Waals surface area (Å²) in [5.74, 6) is -0.117. The first-order chi connectivity index (χ1) is 7.92. The highest BCUT2D eigenvalue weighted by atomic mass is 16.5. The van der Waals surface area contributed by atoms with Gasteiger partial charge < -0.3 is 10.1 Å². The smallest absolute Gasteiger partial charge is 0.408 e. The fraction of sp³-hybridized carbons (Fsp3) is 0.385. The van der Waals surface area contributed by atoms with E-state index >= 15 is 0 Å². The summed E-state index contributed by atoms with van der Waals surface area (Å²) in [6, 6.07) is 9.36. The van der Waals surface area contributed by atoms with Gasteiger partial charge in [0.25, 0.3) is 0 Å². The molecule has 0 spiro atoms. The van der Waals surface area contributed by atoms with Crippen LogP contribution in [0.1, 0.15) is 26.3 Å². The predicted molar refractivity (Wildman–Crippen MR) is 64.5 cm³/mol. The van der Waals surface area contributed by atoms with E-state index in [2.05, 4.69) is 5.32 Å². The molecule has 0 fully saturated rings. The molecule has 4 nitrogen and oxygen atoms in total. The molecule has 1 rings (SSSR count). The number of hydrogen-bond acceptors (Lipinski definition) is 3. The van der Waals surface area contributed by atoms with Crippen molar-refractivity contribution in [3.05, 3.63) is 35.9 Å². The second kappa shape index (κ2) is 5.48. The summed E-state index contributed by atoms with van der Waals surface area (Å²) in [5.41, 5.74) is 0.0107. The van der Waals surface area contributed by atoms with E-state index in [9.17, 15) is 9.59 Å². The molecule has 0 aromatic heterocycles. The van der Waals surface area contributed by atoms with Crippen molar-refractivity contribution in [1.82, 2.24) is 5.32 Å². The van der Waals surface area contributed by atoms with Crippen LogP contribution in [0.5, 0.6) is 0 Å². The lowest BCUT2D eigenvalue weighted by molar-refractivity contribution is -0.121. The van der Waals surface area contributed by atoms with Crippen molar-refractivity contribution in [3.63, 3.8) is 0 Å². The van der Waals surface area contributed by atoms with Crippen LogP contribution < -0.4 is 5.32 Å². The highest BCUT2D eigenvalue weighted by molar-refractivity contribution is 5.88. The molecule has 0 bridgehead atoms. The lowest BCUT2D eigenvalue weighted by Crippen LogP contribution is -2.48. The Morgan fingerprint density at radius 1 is 1.24 bits per heavy atom. The molecule has 1 N–H and O–H groups in total. The zero-order valence-electron chi connectivity index (χ0n) is 10.3. The van der Waals surface area contributed by atoms with E-state index < -0.39 is 11.6 Å². The summed E-state index contributed by atoms with van der Waals surface area (Å²) < 4.78 is 5.01. The van der Waals surface area contributed by atoms with Gasteiger partial charge in [-0.2, -0.15) is 0 Å². The molecule has 1 amide bonds. The molecule has 0 atom stereocenters. The molecule has 1 aromatic rings. The Morgan fingerprint density at radius 3 is 2.35 bits per heavy atom. The third-order valence-electron chi connectivity index (χ3n) is 2.51. The highest BCUT2D eigenvalue weighted by Crippen LogP contribution is 2.05. The third-order valence-corrected chi connectivity index (χ3v) is 2.51. The van der Waals surface area contributed by atoms with E-state index in [-0.39, 0.29) is 12.4 Å². The van der Waals surface area contributed by atoms with E-state index in [1.165, 1.54) is 6.92 Å². The quantitative estimate of drug-likeness (QED) is 0.871. The lowest BCUT2D eigenvalue weighted by atomic mass is 10.0. The number of alkyl carbamates (subject to hydrolysis) is 1. The van der Waals surface area contributed by atoms with Crippen LogP contribution in [0.4, 0.5) is 4.79 Å². The molecule has 4 heteroatoms. The molecule has 1 aromatic carbocycles. The number of carbonyl (C=O) groups is 2. The molecule has 0 aliphatic heterocycles. The van der Waals surface area contributed by atoms with E-state index in [0.717, 1.165) is 5.56 Å². The average Bonchev–Trinajstić information content (AvgIpc) is 2.27. The number of Topliss-reactive ketones (excluding diaryl/α,β-unsaturated/α-hetero) is 1. The van der Waals surface area contributed by atoms with Gasteiger partial charge in [0.15, 0.2) is 5.78 Å². The second-order valence-electron chi connectivity index (χ2n) is 4.37. The van der Waals surface area contributed by atoms with Crippen LogP contribution in [0.2, 0.25) is 0 Å². The van der Waals surface area contributed by atoms with Crippen molar-refractivity contribution in [3.8, 4) is 0 Å². The molecule has 0 saturated heterocycles. The monoisotopic (exact) mass is 235 g/mol. The van der Waals surface area contributed by atoms with Crippen LogP contribution in [0.3, 0.4) is 0 Å². The van der Waals surface area contributed by atoms with Crippen molar-refractivity contribution < 1.29 is 14.3 Å². The predicted octanol–water partition coefficient (Wildman–Crippen LogP) is 2.28. The summed E-state index contributed by atoms with van der Waals surface area (Å²) in [5, 5.41) is 2.52. The van der Waals surface area contributed by atoms with Gasteiger partial charge in [0.2, 0.25) is 0 Å². The fourth-order valence-corrected chi connectivity index (χ4v) is 1.10. The van der Waals surface area contributed by atoms with Crippen LogP contribution in [0, 0.1) is 0 Å². The first kappa shape index (κ1) is 13.2. The molecule has 92 valence electrons. The Labute approximate surface area is 101 Å². The Hall–Kier alpha value is -1.84. The van der Waals surface area contributed by atoms with E-state index in [0.29, 0.717) is 0 Å². The third kappa shape index (κ3) is 4.26. The Morgan fingerprint density at radius 2 is 1.82 bits per heavy atom. The minimum atomic E-state index is -0.895. The standard InChI is InChI=1S/C13H17NO3/c1-10(15)13(2,3)14-12(16)17-9-11-7-5-4-6-8-11/h4-8H,9H2,1-3H3,(H,14,16). The Kier molecular flexibility index (Phi) is 4.26. The SMILES string of the molecule is CC(=O)C(C)(C)NC(=O)OCc1ccccc1. The zero-order valence-corrected chi connectivity index (χ0v) is 10.3. The van der Waals surface area contributed by atoms with Gasteiger partial charge in [-0.1, -0.05) is 30.3 Å². The van der Waals surface area contributed by atoms with Crippen LogP contribution >= 0.6 is 0 Å². The number of ether oxygens (including phenoxy) is 1. The van der Waals surface area contributed by atoms with Gasteiger partial charge in [0, 0.05) is 0 Å². The van der Waals surface area contributed by atoms with E-state index in [1.54, 1.807) is 13.8 Å². The fourth-order valence-electron chi connectivity index (χ4n) is 1.10. The van der Waals surface area contributed by atoms with Crippen molar-refractivity contribution >= 4 is 11.9 Å². The van der Waals surface area contributed by atoms with Gasteiger partial charge in [0.05, 0.1) is 5.54 Å². The number of ketones is 1. The van der Waals surface area contributed by atoms with Crippen LogP contribution in [0.15, 0.2) is 30.3 Å². The van der Waals surface area contributed by atoms with E-state index in [4.69, 9.17) is 4.74 Å². The van der Waals surface area contributed by atoms with Gasteiger partial charge in [-0.15, -0.1) is 0 Å². The first-order valence-electron chi connectivity index (χ1n) is 5.42. The topological polar surface area (TPSA) is 55.4 Å². The number of carbonyl (C=O) groups excluding carboxylic acids is 2. The number of rotatable bonds is 4. The van der Waals surface area contributed by atoms with Crippen LogP contribution in [0.25, 0.3) is 0 Å². The minimum absolute atomic E-state index is 0.117. The van der Waals surface area contributed by atoms with Crippen molar-refractivity contribution in [2.75, 3.05) is 0 Å². The van der Waals surface area contributed by atoms with Gasteiger partial charge in [-0.05, 0) is 26.3 Å². The molecular formula is C13H17NO3. The molecule has 0 heterocycles. The number of amides is 1. The molecule has 0 aliphatic rings. The van der Waals surface area contributed by atoms with Crippen molar-refractivity contribution in [1.29, 1.82) is 0 Å². The molecule has 0 aliphatic carbocycles. The molecule has 0 radical (unpaired) electrons. The number of benzene rings is 1. The molecule has 17 heavy (non-hydrogen) atoms. The summed E-state index contributed by atoms with van der Waals surface area (Å²) in [4.78, 5) is 22.7. The van der Waals surface area contributed by atoms with Gasteiger partial charge in [-0.25, -0.2) is 4.79 Å². The summed E-state index contributed by atoms with van der Waals surface area (Å²) in [7, 11) is 0. The average molecular weight is 235 g/mol. The highest BCUT2D eigenvalue weighted by Gasteiger charge is 2.26. The largest absolute Gasteiger partial charge is 0.445 e. The summed E-state index contributed by atoms with van der Waals surface area (Å²) in [6.07, 6.45) is -0.589. The number of nitrogens with one attached hydrogen (secondary N) is 1. The van der Waals surface area contributed by atoms with Gasteiger partial charge in [0.1, 0.15) is 6.61 Å². The molecular weight excluding hydrogens is 218 g/mol. The molecule has 0 unspecified atom stereocenters. The molecule has 0 saturated carbocycles. The van der Waals surface area contributed by atoms with Crippen molar-refractivity contribution in [2.24, 2.45) is 0 Å². The van der Waals surface area contributed by atoms with E-state index in [1.807, 2.05) is 30.3 Å². The minimum Gasteiger partial charge on any atom is -0.445 e. The first-order valence-corrected chi connectivity index (χ1v) is 5.42. The summed E-state index contributed by atoms with van der Waals surface area (Å²) in [6.45, 7) is 4.90. The number of hydrogen-bond donors (Lipinski definition) is 1. The van der Waals surface area contributed by atoms with Crippen molar-refractivity contribution in [2.45, 2.75) is 32.9 Å². The normalized spacial score (nSPS) is 10.8. The maximum atomic E-state index is 11.5. The second-order valence-corrected chi connectivity index (χ2v) is 4.37. The lowest BCUT2D eigenvalue weighted by Gasteiger charge is -2.22. The van der Waals surface area contributed by atoms with Crippen LogP contribution in [-0.4, -0.2) is 17.4 Å².